The van der Waals surface area contributed by atoms with Gasteiger partial charge in [-0.2, -0.15) is 0 Å². The SMILES string of the molecule is Cc1c(F)cc(F)cc1-c1nc2cc3ccccc3cc2c[n+]1C. The summed E-state index contributed by atoms with van der Waals surface area (Å²) in [7, 11) is 1.83. The zero-order valence-electron chi connectivity index (χ0n) is 13.3. The summed E-state index contributed by atoms with van der Waals surface area (Å²) in [4.78, 5) is 4.67. The first-order valence-electron chi connectivity index (χ1n) is 7.68. The third-order valence-corrected chi connectivity index (χ3v) is 4.34. The molecule has 0 fully saturated rings. The zero-order valence-corrected chi connectivity index (χ0v) is 13.3. The Labute approximate surface area is 138 Å². The zero-order chi connectivity index (χ0) is 16.8. The number of benzene rings is 3. The van der Waals surface area contributed by atoms with Crippen LogP contribution in [0.3, 0.4) is 0 Å². The lowest BCUT2D eigenvalue weighted by Crippen LogP contribution is -2.32. The molecule has 4 heteroatoms. The highest BCUT2D eigenvalue weighted by Gasteiger charge is 2.20. The molecule has 3 aromatic carbocycles. The first-order valence-corrected chi connectivity index (χ1v) is 7.68. The molecular weight excluding hydrogens is 306 g/mol. The minimum absolute atomic E-state index is 0.389. The fraction of sp³-hybridized carbons (Fsp3) is 0.100. The summed E-state index contributed by atoms with van der Waals surface area (Å²) in [6.07, 6.45) is 1.94. The summed E-state index contributed by atoms with van der Waals surface area (Å²) in [5.41, 5.74) is 1.65. The topological polar surface area (TPSA) is 16.8 Å². The number of fused-ring (bicyclic) bond motifs is 2. The van der Waals surface area contributed by atoms with E-state index in [1.54, 1.807) is 11.5 Å². The van der Waals surface area contributed by atoms with Crippen molar-refractivity contribution in [1.82, 2.24) is 4.98 Å². The first kappa shape index (κ1) is 14.7. The predicted octanol–water partition coefficient (Wildman–Crippen LogP) is 4.47. The van der Waals surface area contributed by atoms with Crippen LogP contribution in [-0.2, 0) is 7.05 Å². The summed E-state index contributed by atoms with van der Waals surface area (Å²) in [5.74, 6) is -0.632. The number of hydrogen-bond acceptors (Lipinski definition) is 1. The second-order valence-corrected chi connectivity index (χ2v) is 5.99. The van der Waals surface area contributed by atoms with E-state index in [0.29, 0.717) is 17.0 Å². The molecule has 0 saturated carbocycles. The average Bonchev–Trinajstić information content (AvgIpc) is 2.56. The van der Waals surface area contributed by atoms with Gasteiger partial charge >= 0.3 is 5.82 Å². The van der Waals surface area contributed by atoms with Gasteiger partial charge in [0.15, 0.2) is 5.52 Å². The van der Waals surface area contributed by atoms with Gasteiger partial charge in [-0.3, -0.25) is 0 Å². The van der Waals surface area contributed by atoms with Crippen LogP contribution in [0.5, 0.6) is 0 Å². The Morgan fingerprint density at radius 1 is 0.917 bits per heavy atom. The van der Waals surface area contributed by atoms with Crippen molar-refractivity contribution in [2.75, 3.05) is 0 Å². The van der Waals surface area contributed by atoms with E-state index in [2.05, 4.69) is 17.1 Å². The van der Waals surface area contributed by atoms with Crippen LogP contribution in [-0.4, -0.2) is 4.98 Å². The van der Waals surface area contributed by atoms with Crippen LogP contribution in [0.25, 0.3) is 33.1 Å². The van der Waals surface area contributed by atoms with Crippen molar-refractivity contribution in [3.63, 3.8) is 0 Å². The van der Waals surface area contributed by atoms with Gasteiger partial charge in [0.05, 0.1) is 18.0 Å². The van der Waals surface area contributed by atoms with Gasteiger partial charge < -0.3 is 0 Å². The summed E-state index contributed by atoms with van der Waals surface area (Å²) in [6.45, 7) is 1.64. The standard InChI is InChI=1S/C20H15F2N2/c1-12-17(9-16(21)10-18(12)22)20-23-19-8-14-6-4-3-5-13(14)7-15(19)11-24(20)2/h3-11H,1-2H3/q+1. The van der Waals surface area contributed by atoms with Crippen molar-refractivity contribution in [3.05, 3.63) is 71.9 Å². The lowest BCUT2D eigenvalue weighted by atomic mass is 10.1. The van der Waals surface area contributed by atoms with E-state index in [0.717, 1.165) is 27.7 Å². The molecule has 4 rings (SSSR count). The van der Waals surface area contributed by atoms with E-state index < -0.39 is 11.6 Å². The highest BCUT2D eigenvalue weighted by molar-refractivity contribution is 5.96. The Kier molecular flexibility index (Phi) is 3.27. The van der Waals surface area contributed by atoms with E-state index in [-0.39, 0.29) is 0 Å². The van der Waals surface area contributed by atoms with Crippen LogP contribution in [0.4, 0.5) is 8.78 Å². The van der Waals surface area contributed by atoms with Crippen molar-refractivity contribution in [1.29, 1.82) is 0 Å². The van der Waals surface area contributed by atoms with Crippen molar-refractivity contribution < 1.29 is 13.3 Å². The summed E-state index contributed by atoms with van der Waals surface area (Å²) in [6, 6.07) is 14.3. The van der Waals surface area contributed by atoms with E-state index in [1.807, 2.05) is 37.5 Å². The van der Waals surface area contributed by atoms with Crippen molar-refractivity contribution in [2.24, 2.45) is 7.05 Å². The molecule has 24 heavy (non-hydrogen) atoms. The molecule has 118 valence electrons. The highest BCUT2D eigenvalue weighted by atomic mass is 19.1. The number of aryl methyl sites for hydroxylation is 1. The van der Waals surface area contributed by atoms with Crippen LogP contribution in [0.2, 0.25) is 0 Å². The lowest BCUT2D eigenvalue weighted by molar-refractivity contribution is -0.661. The molecule has 0 radical (unpaired) electrons. The maximum Gasteiger partial charge on any atom is 0.331 e. The number of hydrogen-bond donors (Lipinski definition) is 0. The number of aromatic nitrogens is 2. The monoisotopic (exact) mass is 321 g/mol. The summed E-state index contributed by atoms with van der Waals surface area (Å²) in [5, 5.41) is 3.20. The summed E-state index contributed by atoms with van der Waals surface area (Å²) >= 11 is 0. The molecule has 0 aliphatic heterocycles. The van der Waals surface area contributed by atoms with Crippen LogP contribution >= 0.6 is 0 Å². The molecule has 0 atom stereocenters. The largest absolute Gasteiger partial charge is 0.331 e. The fourth-order valence-corrected chi connectivity index (χ4v) is 3.04. The Bertz CT molecular complexity index is 1100. The van der Waals surface area contributed by atoms with Gasteiger partial charge in [-0.05, 0) is 40.9 Å². The Morgan fingerprint density at radius 3 is 2.38 bits per heavy atom. The first-order chi connectivity index (χ1) is 11.5. The average molecular weight is 321 g/mol. The third-order valence-electron chi connectivity index (χ3n) is 4.34. The van der Waals surface area contributed by atoms with Gasteiger partial charge in [-0.1, -0.05) is 24.3 Å². The smallest absolute Gasteiger partial charge is 0.232 e. The molecule has 0 amide bonds. The Balaban J connectivity index is 2.03. The lowest BCUT2D eigenvalue weighted by Gasteiger charge is -2.06. The minimum atomic E-state index is -0.603. The fourth-order valence-electron chi connectivity index (χ4n) is 3.04. The molecule has 0 aliphatic rings. The molecule has 0 unspecified atom stereocenters. The van der Waals surface area contributed by atoms with Gasteiger partial charge in [0.25, 0.3) is 0 Å². The van der Waals surface area contributed by atoms with Gasteiger partial charge in [0.2, 0.25) is 0 Å². The molecule has 0 saturated heterocycles. The molecule has 1 heterocycles. The van der Waals surface area contributed by atoms with Gasteiger partial charge in [0, 0.05) is 11.6 Å². The highest BCUT2D eigenvalue weighted by Crippen LogP contribution is 2.26. The van der Waals surface area contributed by atoms with E-state index in [1.165, 1.54) is 6.07 Å². The third kappa shape index (κ3) is 2.31. The summed E-state index contributed by atoms with van der Waals surface area (Å²) < 4.78 is 29.4. The van der Waals surface area contributed by atoms with Gasteiger partial charge in [0.1, 0.15) is 17.8 Å². The Morgan fingerprint density at radius 2 is 1.62 bits per heavy atom. The van der Waals surface area contributed by atoms with Gasteiger partial charge in [-0.25, -0.2) is 13.3 Å². The molecule has 0 N–H and O–H groups in total. The second kappa shape index (κ2) is 5.34. The molecule has 1 aromatic heterocycles. The van der Waals surface area contributed by atoms with Gasteiger partial charge in [-0.15, -0.1) is 0 Å². The van der Waals surface area contributed by atoms with Crippen molar-refractivity contribution in [3.8, 4) is 11.4 Å². The second-order valence-electron chi connectivity index (χ2n) is 5.99. The van der Waals surface area contributed by atoms with Crippen LogP contribution < -0.4 is 4.57 Å². The minimum Gasteiger partial charge on any atom is -0.232 e. The Hall–Kier alpha value is -2.88. The molecule has 0 spiro atoms. The maximum atomic E-state index is 13.9. The van der Waals surface area contributed by atoms with Crippen molar-refractivity contribution in [2.45, 2.75) is 6.92 Å². The van der Waals surface area contributed by atoms with Crippen LogP contribution in [0.1, 0.15) is 5.56 Å². The normalized spacial score (nSPS) is 11.3. The number of halogens is 2. The van der Waals surface area contributed by atoms with Crippen LogP contribution in [0, 0.1) is 18.6 Å². The maximum absolute atomic E-state index is 13.9. The van der Waals surface area contributed by atoms with Crippen molar-refractivity contribution >= 4 is 21.7 Å². The van der Waals surface area contributed by atoms with E-state index in [9.17, 15) is 8.78 Å². The molecule has 0 aliphatic carbocycles. The van der Waals surface area contributed by atoms with E-state index in [4.69, 9.17) is 0 Å². The number of nitrogens with zero attached hydrogens (tertiary/aromatic N) is 2. The molecule has 2 nitrogen and oxygen atoms in total. The quantitative estimate of drug-likeness (QED) is 0.373. The molecule has 0 bridgehead atoms. The molecular formula is C20H15F2N2+. The van der Waals surface area contributed by atoms with Crippen LogP contribution in [0.15, 0.2) is 54.7 Å². The molecule has 4 aromatic rings. The predicted molar refractivity (Wildman–Crippen MR) is 90.5 cm³/mol. The number of rotatable bonds is 1. The van der Waals surface area contributed by atoms with E-state index >= 15 is 0 Å².